The lowest BCUT2D eigenvalue weighted by atomic mass is 10.1. The van der Waals surface area contributed by atoms with Gasteiger partial charge in [0.05, 0.1) is 0 Å². The number of aromatic nitrogens is 2. The van der Waals surface area contributed by atoms with E-state index in [-0.39, 0.29) is 0 Å². The summed E-state index contributed by atoms with van der Waals surface area (Å²) in [5.41, 5.74) is 8.25. The summed E-state index contributed by atoms with van der Waals surface area (Å²) in [4.78, 5) is 4.68. The molecule has 1 aromatic heterocycles. The minimum Gasteiger partial charge on any atom is -0.382 e. The second-order valence-electron chi connectivity index (χ2n) is 4.75. The van der Waals surface area contributed by atoms with Crippen molar-refractivity contribution in [2.45, 2.75) is 19.4 Å². The van der Waals surface area contributed by atoms with Crippen LogP contribution in [-0.2, 0) is 13.0 Å². The van der Waals surface area contributed by atoms with E-state index in [0.29, 0.717) is 5.82 Å². The zero-order valence-corrected chi connectivity index (χ0v) is 10.2. The predicted molar refractivity (Wildman–Crippen MR) is 65.2 cm³/mol. The maximum atomic E-state index is 5.82. The molecule has 0 unspecified atom stereocenters. The van der Waals surface area contributed by atoms with Crippen LogP contribution in [0.4, 0.5) is 5.82 Å². The number of anilines is 1. The summed E-state index contributed by atoms with van der Waals surface area (Å²) in [6, 6.07) is 0. The summed E-state index contributed by atoms with van der Waals surface area (Å²) in [5, 5.41) is 7.07. The molecular weight excluding hydrogens is 202 g/mol. The molecule has 0 atom stereocenters. The van der Waals surface area contributed by atoms with Crippen molar-refractivity contribution in [2.75, 3.05) is 39.5 Å². The van der Waals surface area contributed by atoms with Crippen LogP contribution >= 0.6 is 0 Å². The van der Waals surface area contributed by atoms with E-state index < -0.39 is 0 Å². The van der Waals surface area contributed by atoms with Crippen molar-refractivity contribution in [1.82, 2.24) is 20.0 Å². The minimum absolute atomic E-state index is 0.673. The van der Waals surface area contributed by atoms with Crippen LogP contribution in [0.25, 0.3) is 0 Å². The summed E-state index contributed by atoms with van der Waals surface area (Å²) in [7, 11) is 4.23. The minimum atomic E-state index is 0.673. The van der Waals surface area contributed by atoms with Crippen LogP contribution in [0.3, 0.4) is 0 Å². The molecule has 0 amide bonds. The Morgan fingerprint density at radius 2 is 2.31 bits per heavy atom. The van der Waals surface area contributed by atoms with Gasteiger partial charge in [-0.1, -0.05) is 0 Å². The first-order valence-corrected chi connectivity index (χ1v) is 5.85. The molecule has 0 aliphatic carbocycles. The lowest BCUT2D eigenvalue weighted by Crippen LogP contribution is -2.32. The topological polar surface area (TPSA) is 61.2 Å². The van der Waals surface area contributed by atoms with Gasteiger partial charge in [-0.3, -0.25) is 10.00 Å². The first kappa shape index (κ1) is 11.4. The molecule has 0 saturated carbocycles. The van der Waals surface area contributed by atoms with E-state index in [1.165, 1.54) is 17.7 Å². The van der Waals surface area contributed by atoms with Gasteiger partial charge in [0.1, 0.15) is 5.82 Å². The molecule has 1 aliphatic rings. The Balaban J connectivity index is 1.85. The third-order valence-corrected chi connectivity index (χ3v) is 3.12. The Labute approximate surface area is 96.6 Å². The van der Waals surface area contributed by atoms with E-state index in [9.17, 15) is 0 Å². The molecule has 0 fully saturated rings. The van der Waals surface area contributed by atoms with Gasteiger partial charge < -0.3 is 10.6 Å². The van der Waals surface area contributed by atoms with Crippen LogP contribution in [0.5, 0.6) is 0 Å². The summed E-state index contributed by atoms with van der Waals surface area (Å²) in [6.45, 7) is 4.35. The van der Waals surface area contributed by atoms with Crippen molar-refractivity contribution in [3.8, 4) is 0 Å². The molecule has 2 rings (SSSR count). The maximum absolute atomic E-state index is 5.82. The van der Waals surface area contributed by atoms with Gasteiger partial charge in [-0.25, -0.2) is 0 Å². The number of nitrogens with one attached hydrogen (secondary N) is 1. The zero-order chi connectivity index (χ0) is 11.5. The molecule has 0 radical (unpaired) electrons. The number of rotatable bonds is 4. The number of nitrogens with zero attached hydrogens (tertiary/aromatic N) is 3. The number of hydrogen-bond acceptors (Lipinski definition) is 4. The Morgan fingerprint density at radius 3 is 3.06 bits per heavy atom. The third kappa shape index (κ3) is 2.54. The van der Waals surface area contributed by atoms with E-state index in [4.69, 9.17) is 5.73 Å². The molecule has 3 N–H and O–H groups in total. The van der Waals surface area contributed by atoms with Gasteiger partial charge in [0.2, 0.25) is 0 Å². The Kier molecular flexibility index (Phi) is 3.46. The predicted octanol–water partition coefficient (Wildman–Crippen LogP) is 0.302. The van der Waals surface area contributed by atoms with Gasteiger partial charge >= 0.3 is 0 Å². The third-order valence-electron chi connectivity index (χ3n) is 3.12. The Hall–Kier alpha value is -1.07. The van der Waals surface area contributed by atoms with E-state index in [1.807, 2.05) is 0 Å². The fourth-order valence-corrected chi connectivity index (χ4v) is 2.17. The van der Waals surface area contributed by atoms with Crippen LogP contribution in [0.2, 0.25) is 0 Å². The summed E-state index contributed by atoms with van der Waals surface area (Å²) >= 11 is 0. The fourth-order valence-electron chi connectivity index (χ4n) is 2.17. The fraction of sp³-hybridized carbons (Fsp3) is 0.727. The van der Waals surface area contributed by atoms with Crippen molar-refractivity contribution >= 4 is 5.82 Å². The number of fused-ring (bicyclic) bond motifs is 1. The highest BCUT2D eigenvalue weighted by Gasteiger charge is 2.20. The average Bonchev–Trinajstić information content (AvgIpc) is 2.60. The van der Waals surface area contributed by atoms with Crippen molar-refractivity contribution in [1.29, 1.82) is 0 Å². The molecule has 1 aliphatic heterocycles. The van der Waals surface area contributed by atoms with E-state index in [1.54, 1.807) is 0 Å². The molecular formula is C11H21N5. The van der Waals surface area contributed by atoms with E-state index in [0.717, 1.165) is 32.6 Å². The standard InChI is InChI=1S/C11H21N5/c1-15(2)5-3-6-16-7-4-10-9(8-16)11(12)14-13-10/h3-8H2,1-2H3,(H3,12,13,14). The van der Waals surface area contributed by atoms with Crippen LogP contribution < -0.4 is 5.73 Å². The molecule has 2 heterocycles. The van der Waals surface area contributed by atoms with Gasteiger partial charge in [-0.15, -0.1) is 0 Å². The number of nitrogen functional groups attached to an aromatic ring is 1. The molecule has 1 aromatic rings. The molecule has 16 heavy (non-hydrogen) atoms. The second-order valence-corrected chi connectivity index (χ2v) is 4.75. The number of H-pyrrole nitrogens is 1. The van der Waals surface area contributed by atoms with Gasteiger partial charge in [-0.2, -0.15) is 5.10 Å². The smallest absolute Gasteiger partial charge is 0.149 e. The monoisotopic (exact) mass is 223 g/mol. The normalized spacial score (nSPS) is 16.7. The highest BCUT2D eigenvalue weighted by Crippen LogP contribution is 2.21. The van der Waals surface area contributed by atoms with Gasteiger partial charge in [0, 0.05) is 30.8 Å². The molecule has 0 spiro atoms. The van der Waals surface area contributed by atoms with E-state index >= 15 is 0 Å². The molecule has 5 nitrogen and oxygen atoms in total. The van der Waals surface area contributed by atoms with E-state index in [2.05, 4.69) is 34.1 Å². The summed E-state index contributed by atoms with van der Waals surface area (Å²) in [5.74, 6) is 0.673. The zero-order valence-electron chi connectivity index (χ0n) is 10.2. The SMILES string of the molecule is CN(C)CCCN1CCc2[nH]nc(N)c2C1. The second kappa shape index (κ2) is 4.84. The van der Waals surface area contributed by atoms with Gasteiger partial charge in [-0.05, 0) is 33.6 Å². The lowest BCUT2D eigenvalue weighted by Gasteiger charge is -2.26. The Morgan fingerprint density at radius 1 is 1.50 bits per heavy atom. The first-order chi connectivity index (χ1) is 7.66. The number of nitrogens with two attached hydrogens (primary N) is 1. The average molecular weight is 223 g/mol. The van der Waals surface area contributed by atoms with Gasteiger partial charge in [0.25, 0.3) is 0 Å². The highest BCUT2D eigenvalue weighted by atomic mass is 15.2. The summed E-state index contributed by atoms with van der Waals surface area (Å²) in [6.07, 6.45) is 2.25. The lowest BCUT2D eigenvalue weighted by molar-refractivity contribution is 0.238. The van der Waals surface area contributed by atoms with Crippen LogP contribution in [0.15, 0.2) is 0 Å². The largest absolute Gasteiger partial charge is 0.382 e. The Bertz CT molecular complexity index is 344. The van der Waals surface area contributed by atoms with Crippen molar-refractivity contribution < 1.29 is 0 Å². The molecule has 90 valence electrons. The van der Waals surface area contributed by atoms with Crippen LogP contribution in [0, 0.1) is 0 Å². The number of aromatic amines is 1. The van der Waals surface area contributed by atoms with Crippen molar-refractivity contribution in [3.63, 3.8) is 0 Å². The van der Waals surface area contributed by atoms with Crippen molar-refractivity contribution in [2.24, 2.45) is 0 Å². The first-order valence-electron chi connectivity index (χ1n) is 5.85. The molecule has 0 saturated heterocycles. The van der Waals surface area contributed by atoms with Crippen LogP contribution in [-0.4, -0.2) is 53.7 Å². The molecule has 0 bridgehead atoms. The maximum Gasteiger partial charge on any atom is 0.149 e. The highest BCUT2D eigenvalue weighted by molar-refractivity contribution is 5.42. The van der Waals surface area contributed by atoms with Gasteiger partial charge in [0.15, 0.2) is 0 Å². The number of hydrogen-bond donors (Lipinski definition) is 2. The molecule has 0 aromatic carbocycles. The van der Waals surface area contributed by atoms with Crippen molar-refractivity contribution in [3.05, 3.63) is 11.3 Å². The van der Waals surface area contributed by atoms with Crippen LogP contribution in [0.1, 0.15) is 17.7 Å². The molecule has 5 heteroatoms. The summed E-state index contributed by atoms with van der Waals surface area (Å²) < 4.78 is 0. The quantitative estimate of drug-likeness (QED) is 0.771.